The van der Waals surface area contributed by atoms with Crippen molar-refractivity contribution in [3.63, 3.8) is 0 Å². The maximum atomic E-state index is 10.7. The number of carbonyl (C=O) groups excluding carboxylic acids is 1. The Hall–Kier alpha value is -0.970. The summed E-state index contributed by atoms with van der Waals surface area (Å²) in [6.07, 6.45) is 0. The summed E-state index contributed by atoms with van der Waals surface area (Å²) in [6, 6.07) is 6.39. The lowest BCUT2D eigenvalue weighted by atomic mass is 10.3. The number of hydrogen-bond acceptors (Lipinski definition) is 2. The number of nitrogens with one attached hydrogen (secondary N) is 2. The van der Waals surface area contributed by atoms with Crippen molar-refractivity contribution in [2.75, 3.05) is 5.32 Å². The van der Waals surface area contributed by atoms with Gasteiger partial charge >= 0.3 is 6.03 Å². The molecule has 1 aromatic carbocycles. The molecule has 4 N–H and O–H groups in total. The molecule has 0 aliphatic heterocycles. The number of rotatable bonds is 1. The van der Waals surface area contributed by atoms with Gasteiger partial charge in [-0.15, -0.1) is 12.4 Å². The Kier molecular flexibility index (Phi) is 5.22. The highest BCUT2D eigenvalue weighted by Crippen LogP contribution is 2.19. The molecular weight excluding hydrogens is 213 g/mol. The maximum absolute atomic E-state index is 10.7. The number of halogens is 2. The van der Waals surface area contributed by atoms with E-state index in [2.05, 4.69) is 5.32 Å². The fraction of sp³-hybridized carbons (Fsp3) is 0. The van der Waals surface area contributed by atoms with Gasteiger partial charge in [-0.1, -0.05) is 23.7 Å². The molecule has 1 aromatic rings. The summed E-state index contributed by atoms with van der Waals surface area (Å²) >= 11 is 5.74. The molecule has 0 aliphatic rings. The minimum atomic E-state index is -0.497. The number of anilines is 1. The molecule has 0 saturated heterocycles. The quantitative estimate of drug-likeness (QED) is 0.385. The number of amides is 2. The van der Waals surface area contributed by atoms with Gasteiger partial charge in [0.2, 0.25) is 0 Å². The molecule has 1 rings (SSSR count). The van der Waals surface area contributed by atoms with E-state index in [4.69, 9.17) is 17.4 Å². The third kappa shape index (κ3) is 3.50. The smallest absolute Gasteiger partial charge is 0.305 e. The van der Waals surface area contributed by atoms with Gasteiger partial charge in [-0.05, 0) is 12.1 Å². The second-order valence-corrected chi connectivity index (χ2v) is 2.49. The lowest BCUT2D eigenvalue weighted by Crippen LogP contribution is -2.34. The topological polar surface area (TPSA) is 67.1 Å². The molecule has 13 heavy (non-hydrogen) atoms. The van der Waals surface area contributed by atoms with Gasteiger partial charge in [0, 0.05) is 0 Å². The number of hydrazine groups is 1. The Morgan fingerprint density at radius 1 is 1.38 bits per heavy atom. The first-order valence-electron chi connectivity index (χ1n) is 3.26. The molecule has 0 atom stereocenters. The molecule has 72 valence electrons. The van der Waals surface area contributed by atoms with Crippen LogP contribution >= 0.6 is 24.0 Å². The van der Waals surface area contributed by atoms with Gasteiger partial charge in [0.05, 0.1) is 10.7 Å². The van der Waals surface area contributed by atoms with Gasteiger partial charge in [-0.3, -0.25) is 5.43 Å². The van der Waals surface area contributed by atoms with Gasteiger partial charge in [0.25, 0.3) is 0 Å². The molecule has 4 nitrogen and oxygen atoms in total. The summed E-state index contributed by atoms with van der Waals surface area (Å²) < 4.78 is 0. The maximum Gasteiger partial charge on any atom is 0.333 e. The third-order valence-electron chi connectivity index (χ3n) is 1.25. The summed E-state index contributed by atoms with van der Waals surface area (Å²) in [5, 5.41) is 2.93. The molecular formula is C7H9Cl2N3O. The molecule has 2 amide bonds. The van der Waals surface area contributed by atoms with Crippen LogP contribution in [0.2, 0.25) is 5.02 Å². The fourth-order valence-electron chi connectivity index (χ4n) is 0.721. The van der Waals surface area contributed by atoms with Crippen LogP contribution in [0.1, 0.15) is 0 Å². The SMILES string of the molecule is Cl.NNC(=O)Nc1ccccc1Cl. The Bertz CT molecular complexity index is 293. The Morgan fingerprint density at radius 2 is 2.00 bits per heavy atom. The van der Waals surface area contributed by atoms with E-state index in [1.165, 1.54) is 0 Å². The van der Waals surface area contributed by atoms with Crippen molar-refractivity contribution in [3.8, 4) is 0 Å². The van der Waals surface area contributed by atoms with Crippen molar-refractivity contribution in [2.45, 2.75) is 0 Å². The van der Waals surface area contributed by atoms with Crippen LogP contribution in [-0.2, 0) is 0 Å². The first kappa shape index (κ1) is 12.0. The average Bonchev–Trinajstić information content (AvgIpc) is 2.09. The van der Waals surface area contributed by atoms with E-state index in [1.807, 2.05) is 5.43 Å². The van der Waals surface area contributed by atoms with E-state index >= 15 is 0 Å². The normalized spacial score (nSPS) is 8.46. The number of benzene rings is 1. The Morgan fingerprint density at radius 3 is 2.54 bits per heavy atom. The van der Waals surface area contributed by atoms with Crippen molar-refractivity contribution >= 4 is 35.7 Å². The number of urea groups is 1. The minimum absolute atomic E-state index is 0. The molecule has 6 heteroatoms. The molecule has 0 saturated carbocycles. The molecule has 0 heterocycles. The van der Waals surface area contributed by atoms with Crippen molar-refractivity contribution in [1.29, 1.82) is 0 Å². The predicted octanol–water partition coefficient (Wildman–Crippen LogP) is 1.76. The van der Waals surface area contributed by atoms with Crippen LogP contribution in [0, 0.1) is 0 Å². The third-order valence-corrected chi connectivity index (χ3v) is 1.58. The second kappa shape index (κ2) is 5.64. The van der Waals surface area contributed by atoms with Crippen molar-refractivity contribution in [2.24, 2.45) is 5.84 Å². The summed E-state index contributed by atoms with van der Waals surface area (Å²) in [4.78, 5) is 10.7. The minimum Gasteiger partial charge on any atom is -0.305 e. The first-order chi connectivity index (χ1) is 5.74. The largest absolute Gasteiger partial charge is 0.333 e. The highest BCUT2D eigenvalue weighted by molar-refractivity contribution is 6.33. The van der Waals surface area contributed by atoms with Gasteiger partial charge < -0.3 is 5.32 Å². The van der Waals surface area contributed by atoms with Gasteiger partial charge in [-0.25, -0.2) is 10.6 Å². The number of carbonyl (C=O) groups is 1. The van der Waals surface area contributed by atoms with Gasteiger partial charge in [0.15, 0.2) is 0 Å². The van der Waals surface area contributed by atoms with Crippen LogP contribution in [0.5, 0.6) is 0 Å². The highest BCUT2D eigenvalue weighted by atomic mass is 35.5. The van der Waals surface area contributed by atoms with E-state index in [1.54, 1.807) is 24.3 Å². The zero-order valence-electron chi connectivity index (χ0n) is 6.58. The summed E-state index contributed by atoms with van der Waals surface area (Å²) in [7, 11) is 0. The van der Waals surface area contributed by atoms with E-state index in [0.29, 0.717) is 10.7 Å². The molecule has 0 spiro atoms. The standard InChI is InChI=1S/C7H8ClN3O.ClH/c8-5-3-1-2-4-6(5)10-7(12)11-9;/h1-4H,9H2,(H2,10,11,12);1H. The van der Waals surface area contributed by atoms with Crippen LogP contribution < -0.4 is 16.6 Å². The lowest BCUT2D eigenvalue weighted by molar-refractivity contribution is 0.252. The number of hydrogen-bond donors (Lipinski definition) is 3. The Labute approximate surface area is 86.8 Å². The molecule has 0 aromatic heterocycles. The summed E-state index contributed by atoms with van der Waals surface area (Å²) in [6.45, 7) is 0. The highest BCUT2D eigenvalue weighted by Gasteiger charge is 2.01. The Balaban J connectivity index is 0.00000144. The molecule has 0 radical (unpaired) electrons. The van der Waals surface area contributed by atoms with E-state index in [-0.39, 0.29) is 12.4 Å². The van der Waals surface area contributed by atoms with Gasteiger partial charge in [0.1, 0.15) is 0 Å². The van der Waals surface area contributed by atoms with Crippen molar-refractivity contribution in [1.82, 2.24) is 5.43 Å². The van der Waals surface area contributed by atoms with E-state index < -0.39 is 6.03 Å². The summed E-state index contributed by atoms with van der Waals surface area (Å²) in [5.41, 5.74) is 2.46. The number of para-hydroxylation sites is 1. The van der Waals surface area contributed by atoms with Crippen molar-refractivity contribution < 1.29 is 4.79 Å². The summed E-state index contributed by atoms with van der Waals surface area (Å²) in [5.74, 6) is 4.86. The molecule has 0 bridgehead atoms. The lowest BCUT2D eigenvalue weighted by Gasteiger charge is -2.04. The van der Waals surface area contributed by atoms with E-state index in [9.17, 15) is 4.79 Å². The molecule has 0 unspecified atom stereocenters. The monoisotopic (exact) mass is 221 g/mol. The van der Waals surface area contributed by atoms with Gasteiger partial charge in [-0.2, -0.15) is 0 Å². The zero-order valence-corrected chi connectivity index (χ0v) is 8.15. The van der Waals surface area contributed by atoms with Crippen LogP contribution in [0.4, 0.5) is 10.5 Å². The predicted molar refractivity (Wildman–Crippen MR) is 55.0 cm³/mol. The molecule has 0 aliphatic carbocycles. The van der Waals surface area contributed by atoms with Crippen LogP contribution in [-0.4, -0.2) is 6.03 Å². The second-order valence-electron chi connectivity index (χ2n) is 2.08. The number of nitrogens with two attached hydrogens (primary N) is 1. The molecule has 0 fully saturated rings. The zero-order chi connectivity index (χ0) is 8.97. The average molecular weight is 222 g/mol. The first-order valence-corrected chi connectivity index (χ1v) is 3.64. The van der Waals surface area contributed by atoms with Crippen LogP contribution in [0.15, 0.2) is 24.3 Å². The van der Waals surface area contributed by atoms with E-state index in [0.717, 1.165) is 0 Å². The van der Waals surface area contributed by atoms with Crippen LogP contribution in [0.25, 0.3) is 0 Å². The van der Waals surface area contributed by atoms with Crippen LogP contribution in [0.3, 0.4) is 0 Å². The van der Waals surface area contributed by atoms with Crippen molar-refractivity contribution in [3.05, 3.63) is 29.3 Å². The fourth-order valence-corrected chi connectivity index (χ4v) is 0.904.